The summed E-state index contributed by atoms with van der Waals surface area (Å²) in [6, 6.07) is 3.98. The van der Waals surface area contributed by atoms with Crippen LogP contribution in [-0.2, 0) is 0 Å². The third-order valence-corrected chi connectivity index (χ3v) is 3.18. The second-order valence-electron chi connectivity index (χ2n) is 4.15. The van der Waals surface area contributed by atoms with Gasteiger partial charge in [-0.05, 0) is 36.9 Å². The molecule has 0 spiro atoms. The van der Waals surface area contributed by atoms with E-state index in [4.69, 9.17) is 5.73 Å². The van der Waals surface area contributed by atoms with Crippen LogP contribution in [0.15, 0.2) is 24.5 Å². The van der Waals surface area contributed by atoms with Gasteiger partial charge in [0, 0.05) is 18.9 Å². The van der Waals surface area contributed by atoms with Gasteiger partial charge in [-0.25, -0.2) is 0 Å². The van der Waals surface area contributed by atoms with Crippen molar-refractivity contribution < 1.29 is 0 Å². The summed E-state index contributed by atoms with van der Waals surface area (Å²) in [6.07, 6.45) is 7.48. The Balaban J connectivity index is 1.88. The van der Waals surface area contributed by atoms with Crippen LogP contribution >= 0.6 is 0 Å². The van der Waals surface area contributed by atoms with Crippen molar-refractivity contribution in [3.63, 3.8) is 0 Å². The number of aromatic nitrogens is 1. The maximum absolute atomic E-state index is 5.78. The van der Waals surface area contributed by atoms with Crippen LogP contribution in [0.3, 0.4) is 0 Å². The molecule has 0 bridgehead atoms. The minimum absolute atomic E-state index is 0.357. The minimum Gasteiger partial charge on any atom is -0.383 e. The summed E-state index contributed by atoms with van der Waals surface area (Å²) in [6.45, 7) is 1.77. The molecule has 0 radical (unpaired) electrons. The van der Waals surface area contributed by atoms with Gasteiger partial charge in [0.1, 0.15) is 0 Å². The lowest BCUT2D eigenvalue weighted by atomic mass is 9.69. The lowest BCUT2D eigenvalue weighted by molar-refractivity contribution is 0.163. The Morgan fingerprint density at radius 3 is 2.86 bits per heavy atom. The lowest BCUT2D eigenvalue weighted by Crippen LogP contribution is -2.42. The lowest BCUT2D eigenvalue weighted by Gasteiger charge is -2.41. The van der Waals surface area contributed by atoms with Crippen LogP contribution in [0.25, 0.3) is 0 Å². The van der Waals surface area contributed by atoms with Crippen LogP contribution in [0.5, 0.6) is 0 Å². The maximum Gasteiger partial charge on any atom is 0.0526 e. The van der Waals surface area contributed by atoms with E-state index in [1.807, 2.05) is 18.3 Å². The Labute approximate surface area is 84.7 Å². The first-order chi connectivity index (χ1) is 6.85. The Kier molecular flexibility index (Phi) is 2.68. The average molecular weight is 191 g/mol. The van der Waals surface area contributed by atoms with Gasteiger partial charge in [-0.1, -0.05) is 6.42 Å². The maximum atomic E-state index is 5.78. The summed E-state index contributed by atoms with van der Waals surface area (Å²) >= 11 is 0. The molecule has 1 aliphatic rings. The number of nitrogens with zero attached hydrogens (tertiary/aromatic N) is 1. The third-order valence-electron chi connectivity index (χ3n) is 3.18. The Morgan fingerprint density at radius 1 is 1.50 bits per heavy atom. The normalized spacial score (nSPS) is 18.6. The monoisotopic (exact) mass is 191 g/mol. The van der Waals surface area contributed by atoms with Gasteiger partial charge in [-0.15, -0.1) is 0 Å². The quantitative estimate of drug-likeness (QED) is 0.760. The second-order valence-corrected chi connectivity index (χ2v) is 4.15. The zero-order valence-electron chi connectivity index (χ0n) is 8.37. The second kappa shape index (κ2) is 3.96. The van der Waals surface area contributed by atoms with Gasteiger partial charge in [0.2, 0.25) is 0 Å². The summed E-state index contributed by atoms with van der Waals surface area (Å²) in [7, 11) is 0. The highest BCUT2D eigenvalue weighted by molar-refractivity contribution is 5.40. The fraction of sp³-hybridized carbons (Fsp3) is 0.545. The van der Waals surface area contributed by atoms with Crippen LogP contribution in [-0.4, -0.2) is 18.1 Å². The molecular formula is C11H17N3. The first-order valence-corrected chi connectivity index (χ1v) is 5.19. The summed E-state index contributed by atoms with van der Waals surface area (Å²) < 4.78 is 0. The van der Waals surface area contributed by atoms with Gasteiger partial charge in [0.25, 0.3) is 0 Å². The fourth-order valence-corrected chi connectivity index (χ4v) is 1.89. The molecule has 3 heteroatoms. The molecule has 0 aliphatic heterocycles. The molecule has 1 aromatic rings. The minimum atomic E-state index is 0.357. The van der Waals surface area contributed by atoms with Crippen LogP contribution in [0.4, 0.5) is 5.69 Å². The summed E-state index contributed by atoms with van der Waals surface area (Å²) in [5.74, 6) is 0. The molecule has 2 rings (SSSR count). The van der Waals surface area contributed by atoms with E-state index in [2.05, 4.69) is 10.3 Å². The van der Waals surface area contributed by atoms with Crippen molar-refractivity contribution >= 4 is 5.69 Å². The molecule has 0 saturated heterocycles. The highest BCUT2D eigenvalue weighted by atomic mass is 14.9. The highest BCUT2D eigenvalue weighted by Crippen LogP contribution is 2.39. The van der Waals surface area contributed by atoms with Crippen LogP contribution in [0.1, 0.15) is 19.3 Å². The van der Waals surface area contributed by atoms with Crippen LogP contribution in [0.2, 0.25) is 0 Å². The van der Waals surface area contributed by atoms with E-state index < -0.39 is 0 Å². The number of hydrogen-bond acceptors (Lipinski definition) is 3. The Hall–Kier alpha value is -1.09. The predicted molar refractivity (Wildman–Crippen MR) is 58.1 cm³/mol. The molecule has 3 N–H and O–H groups in total. The molecule has 1 aromatic heterocycles. The smallest absolute Gasteiger partial charge is 0.0526 e. The molecule has 1 fully saturated rings. The molecular weight excluding hydrogens is 174 g/mol. The van der Waals surface area contributed by atoms with E-state index in [-0.39, 0.29) is 0 Å². The van der Waals surface area contributed by atoms with Crippen molar-refractivity contribution in [2.75, 3.05) is 18.4 Å². The average Bonchev–Trinajstić information content (AvgIpc) is 2.19. The van der Waals surface area contributed by atoms with Crippen LogP contribution in [0, 0.1) is 5.41 Å². The predicted octanol–water partition coefficient (Wildman–Crippen LogP) is 1.62. The molecule has 3 nitrogen and oxygen atoms in total. The van der Waals surface area contributed by atoms with Gasteiger partial charge in [-0.3, -0.25) is 4.98 Å². The largest absolute Gasteiger partial charge is 0.383 e. The van der Waals surface area contributed by atoms with Crippen molar-refractivity contribution in [1.82, 2.24) is 4.98 Å². The van der Waals surface area contributed by atoms with Crippen molar-refractivity contribution in [2.45, 2.75) is 19.3 Å². The van der Waals surface area contributed by atoms with Crippen molar-refractivity contribution in [2.24, 2.45) is 11.1 Å². The molecule has 14 heavy (non-hydrogen) atoms. The fourth-order valence-electron chi connectivity index (χ4n) is 1.89. The zero-order chi connectivity index (χ0) is 9.86. The van der Waals surface area contributed by atoms with E-state index in [0.29, 0.717) is 5.41 Å². The van der Waals surface area contributed by atoms with Crippen molar-refractivity contribution in [1.29, 1.82) is 0 Å². The molecule has 0 aromatic carbocycles. The number of anilines is 1. The van der Waals surface area contributed by atoms with E-state index in [1.54, 1.807) is 6.20 Å². The molecule has 0 amide bonds. The number of rotatable bonds is 4. The zero-order valence-corrected chi connectivity index (χ0v) is 8.37. The van der Waals surface area contributed by atoms with Gasteiger partial charge >= 0.3 is 0 Å². The number of hydrogen-bond donors (Lipinski definition) is 2. The summed E-state index contributed by atoms with van der Waals surface area (Å²) in [4.78, 5) is 4.06. The van der Waals surface area contributed by atoms with Gasteiger partial charge in [0.15, 0.2) is 0 Å². The molecule has 0 atom stereocenters. The van der Waals surface area contributed by atoms with Crippen LogP contribution < -0.4 is 11.1 Å². The number of pyridine rings is 1. The molecule has 0 unspecified atom stereocenters. The summed E-state index contributed by atoms with van der Waals surface area (Å²) in [5, 5.41) is 3.40. The van der Waals surface area contributed by atoms with E-state index >= 15 is 0 Å². The van der Waals surface area contributed by atoms with Gasteiger partial charge in [0.05, 0.1) is 5.69 Å². The van der Waals surface area contributed by atoms with E-state index in [1.165, 1.54) is 19.3 Å². The third kappa shape index (κ3) is 1.87. The van der Waals surface area contributed by atoms with Gasteiger partial charge in [-0.2, -0.15) is 0 Å². The SMILES string of the molecule is NCC1(CNc2cccnc2)CCC1. The van der Waals surface area contributed by atoms with Gasteiger partial charge < -0.3 is 11.1 Å². The first-order valence-electron chi connectivity index (χ1n) is 5.19. The topological polar surface area (TPSA) is 50.9 Å². The molecule has 76 valence electrons. The highest BCUT2D eigenvalue weighted by Gasteiger charge is 2.35. The van der Waals surface area contributed by atoms with Crippen molar-refractivity contribution in [3.05, 3.63) is 24.5 Å². The molecule has 1 heterocycles. The Morgan fingerprint density at radius 2 is 2.36 bits per heavy atom. The standard InChI is InChI=1S/C11H17N3/c12-8-11(4-2-5-11)9-14-10-3-1-6-13-7-10/h1,3,6-7,14H,2,4-5,8-9,12H2. The Bertz CT molecular complexity index is 274. The molecule has 1 aliphatic carbocycles. The number of nitrogens with one attached hydrogen (secondary N) is 1. The van der Waals surface area contributed by atoms with E-state index in [9.17, 15) is 0 Å². The van der Waals surface area contributed by atoms with E-state index in [0.717, 1.165) is 18.8 Å². The first kappa shape index (κ1) is 9.46. The van der Waals surface area contributed by atoms with Crippen molar-refractivity contribution in [3.8, 4) is 0 Å². The summed E-state index contributed by atoms with van der Waals surface area (Å²) in [5.41, 5.74) is 7.22. The number of nitrogens with two attached hydrogens (primary N) is 1. The molecule has 1 saturated carbocycles.